The summed E-state index contributed by atoms with van der Waals surface area (Å²) < 4.78 is 17.3. The molecule has 6 rings (SSSR count). The Morgan fingerprint density at radius 1 is 0.957 bits per heavy atom. The molecule has 2 aromatic carbocycles. The number of aliphatic hydroxyl groups excluding tert-OH is 1. The average Bonchev–Trinajstić information content (AvgIpc) is 3.38. The zero-order chi connectivity index (χ0) is 34.0. The predicted octanol–water partition coefficient (Wildman–Crippen LogP) is 2.67. The maximum absolute atomic E-state index is 14.8. The molecule has 0 aromatic heterocycles. The SMILES string of the molecule is CC(=O)OC1CC(=O)N1c1cccc(CN2C(=O)[C@@]3(O[C@@H](CCO)[C@H]([Si](C)(C)O)[C@H]3C)c3cc(N4C(=O)CC4OC(C)=O)ccc32)c1. The van der Waals surface area contributed by atoms with Gasteiger partial charge in [-0.3, -0.25) is 33.8 Å². The standard InChI is InChI=1S/C33H39N3O10Si/c1-18-31(47(4,5)43)26(11-12-37)46-33(18)24-14-23(36-28(41)16-30(36)45-20(3)39)9-10-25(24)34(32(33)42)17-21-7-6-8-22(13-21)35-27(40)15-29(35)44-19(2)38/h6-10,13-14,18,26,29-31,37,43H,11-12,15-17H2,1-5H3/t18-,26+,29?,30?,31-,33+/m1/s1. The molecule has 6 atom stereocenters. The van der Waals surface area contributed by atoms with Crippen LogP contribution in [0.2, 0.25) is 18.6 Å². The van der Waals surface area contributed by atoms with Crippen LogP contribution in [0, 0.1) is 5.92 Å². The Balaban J connectivity index is 1.41. The summed E-state index contributed by atoms with van der Waals surface area (Å²) in [7, 11) is -2.94. The number of rotatable bonds is 9. The van der Waals surface area contributed by atoms with E-state index in [4.69, 9.17) is 14.2 Å². The Morgan fingerprint density at radius 3 is 2.09 bits per heavy atom. The minimum Gasteiger partial charge on any atom is -0.441 e. The number of carbonyl (C=O) groups excluding carboxylic acids is 5. The normalized spacial score (nSPS) is 28.4. The molecule has 3 saturated heterocycles. The van der Waals surface area contributed by atoms with Crippen LogP contribution in [-0.2, 0) is 50.3 Å². The van der Waals surface area contributed by atoms with Crippen LogP contribution in [0.4, 0.5) is 17.1 Å². The third-order valence-electron chi connectivity index (χ3n) is 9.60. The fourth-order valence-electron chi connectivity index (χ4n) is 7.72. The van der Waals surface area contributed by atoms with Gasteiger partial charge in [0.1, 0.15) is 0 Å². The van der Waals surface area contributed by atoms with E-state index in [0.29, 0.717) is 28.2 Å². The number of nitrogens with zero attached hydrogens (tertiary/aromatic N) is 3. The number of hydrogen-bond acceptors (Lipinski definition) is 10. The monoisotopic (exact) mass is 665 g/mol. The van der Waals surface area contributed by atoms with E-state index in [2.05, 4.69) is 0 Å². The molecular formula is C33H39N3O10Si. The number of β-lactam (4-membered cyclic amide) rings is 2. The largest absolute Gasteiger partial charge is 0.441 e. The zero-order valence-corrected chi connectivity index (χ0v) is 28.0. The van der Waals surface area contributed by atoms with Gasteiger partial charge in [-0.05, 0) is 55.4 Å². The molecular weight excluding hydrogens is 626 g/mol. The Hall–Kier alpha value is -4.11. The van der Waals surface area contributed by atoms with Gasteiger partial charge in [0.05, 0.1) is 31.2 Å². The van der Waals surface area contributed by atoms with Crippen molar-refractivity contribution in [2.75, 3.05) is 21.3 Å². The van der Waals surface area contributed by atoms with Gasteiger partial charge in [0, 0.05) is 48.9 Å². The number of ether oxygens (including phenoxy) is 3. The lowest BCUT2D eigenvalue weighted by Crippen LogP contribution is -2.55. The molecule has 2 aromatic rings. The lowest BCUT2D eigenvalue weighted by atomic mass is 9.82. The van der Waals surface area contributed by atoms with Crippen LogP contribution in [0.3, 0.4) is 0 Å². The highest BCUT2D eigenvalue weighted by atomic mass is 28.4. The molecule has 0 aliphatic carbocycles. The van der Waals surface area contributed by atoms with Crippen molar-refractivity contribution >= 4 is 55.0 Å². The second-order valence-electron chi connectivity index (χ2n) is 13.2. The molecule has 0 saturated carbocycles. The van der Waals surface area contributed by atoms with E-state index in [1.165, 1.54) is 23.6 Å². The first-order valence-electron chi connectivity index (χ1n) is 15.7. The van der Waals surface area contributed by atoms with E-state index in [0.717, 1.165) is 0 Å². The van der Waals surface area contributed by atoms with Gasteiger partial charge >= 0.3 is 11.9 Å². The lowest BCUT2D eigenvalue weighted by Gasteiger charge is -2.39. The molecule has 2 N–H and O–H groups in total. The summed E-state index contributed by atoms with van der Waals surface area (Å²) >= 11 is 0. The van der Waals surface area contributed by atoms with Gasteiger partial charge in [0.15, 0.2) is 26.4 Å². The zero-order valence-electron chi connectivity index (χ0n) is 27.0. The number of carbonyl (C=O) groups is 5. The van der Waals surface area contributed by atoms with E-state index in [9.17, 15) is 33.9 Å². The first-order chi connectivity index (χ1) is 22.2. The summed E-state index contributed by atoms with van der Waals surface area (Å²) in [5.41, 5.74) is 0.800. The molecule has 47 heavy (non-hydrogen) atoms. The first kappa shape index (κ1) is 32.8. The number of aliphatic hydroxyl groups is 1. The van der Waals surface area contributed by atoms with Gasteiger partial charge in [-0.25, -0.2) is 0 Å². The molecule has 13 nitrogen and oxygen atoms in total. The van der Waals surface area contributed by atoms with Crippen LogP contribution < -0.4 is 14.7 Å². The molecule has 0 radical (unpaired) electrons. The van der Waals surface area contributed by atoms with Crippen LogP contribution in [-0.4, -0.2) is 73.0 Å². The Morgan fingerprint density at radius 2 is 1.55 bits per heavy atom. The summed E-state index contributed by atoms with van der Waals surface area (Å²) in [4.78, 5) is 79.0. The van der Waals surface area contributed by atoms with Crippen molar-refractivity contribution in [1.29, 1.82) is 0 Å². The number of benzene rings is 2. The number of esters is 2. The third kappa shape index (κ3) is 5.42. The molecule has 3 fully saturated rings. The number of fused-ring (bicyclic) bond motifs is 2. The summed E-state index contributed by atoms with van der Waals surface area (Å²) in [6, 6.07) is 12.2. The van der Waals surface area contributed by atoms with Gasteiger partial charge in [-0.15, -0.1) is 0 Å². The maximum atomic E-state index is 14.8. The van der Waals surface area contributed by atoms with Crippen molar-refractivity contribution in [2.24, 2.45) is 5.92 Å². The van der Waals surface area contributed by atoms with E-state index >= 15 is 0 Å². The predicted molar refractivity (Wildman–Crippen MR) is 170 cm³/mol. The fourth-order valence-corrected chi connectivity index (χ4v) is 10.3. The van der Waals surface area contributed by atoms with Crippen LogP contribution in [0.5, 0.6) is 0 Å². The molecule has 4 aliphatic heterocycles. The number of amides is 3. The van der Waals surface area contributed by atoms with Crippen molar-refractivity contribution in [2.45, 2.75) is 89.4 Å². The minimum absolute atomic E-state index is 0.0406. The summed E-state index contributed by atoms with van der Waals surface area (Å²) in [5, 5.41) is 9.92. The highest BCUT2D eigenvalue weighted by molar-refractivity contribution is 6.71. The van der Waals surface area contributed by atoms with Crippen LogP contribution in [0.1, 0.15) is 51.2 Å². The smallest absolute Gasteiger partial charge is 0.304 e. The second-order valence-corrected chi connectivity index (χ2v) is 17.2. The maximum Gasteiger partial charge on any atom is 0.304 e. The summed E-state index contributed by atoms with van der Waals surface area (Å²) in [5.74, 6) is -2.30. The molecule has 250 valence electrons. The molecule has 0 bridgehead atoms. The minimum atomic E-state index is -2.94. The van der Waals surface area contributed by atoms with E-state index in [1.54, 1.807) is 54.4 Å². The van der Waals surface area contributed by atoms with Crippen molar-refractivity contribution in [3.8, 4) is 0 Å². The quantitative estimate of drug-likeness (QED) is 0.231. The molecule has 3 amide bonds. The van der Waals surface area contributed by atoms with Crippen LogP contribution in [0.25, 0.3) is 0 Å². The fraction of sp³-hybridized carbons (Fsp3) is 0.485. The van der Waals surface area contributed by atoms with Gasteiger partial charge < -0.3 is 29.0 Å². The van der Waals surface area contributed by atoms with Gasteiger partial charge in [0.2, 0.25) is 11.8 Å². The van der Waals surface area contributed by atoms with Crippen LogP contribution >= 0.6 is 0 Å². The van der Waals surface area contributed by atoms with E-state index < -0.39 is 55.9 Å². The summed E-state index contributed by atoms with van der Waals surface area (Å²) in [6.07, 6.45) is -1.72. The number of anilines is 3. The highest BCUT2D eigenvalue weighted by Gasteiger charge is 2.66. The summed E-state index contributed by atoms with van der Waals surface area (Å²) in [6.45, 7) is 7.94. The van der Waals surface area contributed by atoms with Crippen LogP contribution in [0.15, 0.2) is 42.5 Å². The van der Waals surface area contributed by atoms with Gasteiger partial charge in [-0.1, -0.05) is 19.1 Å². The molecule has 1 spiro atoms. The van der Waals surface area contributed by atoms with Gasteiger partial charge in [-0.2, -0.15) is 0 Å². The molecule has 4 heterocycles. The Kier molecular flexibility index (Phi) is 8.27. The number of hydrogen-bond donors (Lipinski definition) is 2. The van der Waals surface area contributed by atoms with Crippen molar-refractivity contribution in [3.63, 3.8) is 0 Å². The Bertz CT molecular complexity index is 1660. The van der Waals surface area contributed by atoms with E-state index in [1.807, 2.05) is 13.0 Å². The topological polar surface area (TPSA) is 163 Å². The van der Waals surface area contributed by atoms with Gasteiger partial charge in [0.25, 0.3) is 5.91 Å². The second kappa shape index (κ2) is 11.8. The highest BCUT2D eigenvalue weighted by Crippen LogP contribution is 2.60. The van der Waals surface area contributed by atoms with E-state index in [-0.39, 0.29) is 50.1 Å². The van der Waals surface area contributed by atoms with Crippen molar-refractivity contribution < 1.29 is 48.1 Å². The first-order valence-corrected chi connectivity index (χ1v) is 18.7. The molecule has 2 unspecified atom stereocenters. The average molecular weight is 666 g/mol. The lowest BCUT2D eigenvalue weighted by molar-refractivity contribution is -0.155. The van der Waals surface area contributed by atoms with Crippen molar-refractivity contribution in [3.05, 3.63) is 53.6 Å². The van der Waals surface area contributed by atoms with Crippen molar-refractivity contribution in [1.82, 2.24) is 0 Å². The third-order valence-corrected chi connectivity index (χ3v) is 12.1. The molecule has 4 aliphatic rings. The molecule has 14 heteroatoms. The Labute approximate surface area is 273 Å².